The SMILES string of the molecule is Cc1[nH]c([C@@H](Cc2c[nH]c3ccccc23)N(C(=O)CC(C)(C)C)C(=O)[C@@H](N)CC(C)C)nc1C(=O)O. The van der Waals surface area contributed by atoms with Gasteiger partial charge in [0.15, 0.2) is 5.69 Å². The van der Waals surface area contributed by atoms with Crippen LogP contribution in [-0.4, -0.2) is 48.8 Å². The van der Waals surface area contributed by atoms with Crippen molar-refractivity contribution in [2.75, 3.05) is 0 Å². The van der Waals surface area contributed by atoms with Crippen molar-refractivity contribution in [1.82, 2.24) is 19.9 Å². The summed E-state index contributed by atoms with van der Waals surface area (Å²) in [5.41, 5.74) is 7.93. The Kier molecular flexibility index (Phi) is 8.03. The molecule has 194 valence electrons. The van der Waals surface area contributed by atoms with Gasteiger partial charge in [0.2, 0.25) is 11.8 Å². The van der Waals surface area contributed by atoms with E-state index in [0.29, 0.717) is 12.1 Å². The third-order valence-electron chi connectivity index (χ3n) is 6.05. The van der Waals surface area contributed by atoms with E-state index in [2.05, 4.69) is 15.0 Å². The van der Waals surface area contributed by atoms with E-state index >= 15 is 0 Å². The number of H-pyrrole nitrogens is 2. The number of hydrogen-bond acceptors (Lipinski definition) is 5. The Bertz CT molecular complexity index is 1250. The second kappa shape index (κ2) is 10.7. The maximum absolute atomic E-state index is 13.8. The number of rotatable bonds is 9. The van der Waals surface area contributed by atoms with Crippen LogP contribution in [0.25, 0.3) is 10.9 Å². The van der Waals surface area contributed by atoms with Crippen LogP contribution in [0.5, 0.6) is 0 Å². The van der Waals surface area contributed by atoms with Crippen molar-refractivity contribution in [3.05, 3.63) is 53.2 Å². The summed E-state index contributed by atoms with van der Waals surface area (Å²) in [6, 6.07) is 6.00. The molecular formula is C27H37N5O4. The minimum Gasteiger partial charge on any atom is -0.476 e. The van der Waals surface area contributed by atoms with Gasteiger partial charge >= 0.3 is 5.97 Å². The molecule has 0 bridgehead atoms. The van der Waals surface area contributed by atoms with Crippen molar-refractivity contribution in [1.29, 1.82) is 0 Å². The summed E-state index contributed by atoms with van der Waals surface area (Å²) in [6.07, 6.45) is 2.61. The lowest BCUT2D eigenvalue weighted by molar-refractivity contribution is -0.150. The number of imidazole rings is 1. The van der Waals surface area contributed by atoms with Crippen molar-refractivity contribution >= 4 is 28.7 Å². The standard InChI is InChI=1S/C27H37N5O4/c1-15(2)11-19(28)25(34)32(22(33)13-27(4,5)6)21(24-30-16(3)23(31-24)26(35)36)12-17-14-29-20-10-8-7-9-18(17)20/h7-10,14-15,19,21,29H,11-13,28H2,1-6H3,(H,30,31)(H,35,36)/t19-,21+/m0/s1. The molecule has 0 spiro atoms. The molecule has 2 amide bonds. The molecule has 0 unspecified atom stereocenters. The number of hydrogen-bond donors (Lipinski definition) is 4. The molecule has 0 aliphatic carbocycles. The first kappa shape index (κ1) is 27.1. The van der Waals surface area contributed by atoms with Crippen molar-refractivity contribution in [2.24, 2.45) is 17.1 Å². The molecule has 0 saturated heterocycles. The van der Waals surface area contributed by atoms with Crippen molar-refractivity contribution < 1.29 is 19.5 Å². The van der Waals surface area contributed by atoms with E-state index in [0.717, 1.165) is 16.5 Å². The van der Waals surface area contributed by atoms with Crippen molar-refractivity contribution in [3.63, 3.8) is 0 Å². The molecule has 0 saturated carbocycles. The van der Waals surface area contributed by atoms with Gasteiger partial charge in [0.25, 0.3) is 0 Å². The van der Waals surface area contributed by atoms with Crippen LogP contribution in [0, 0.1) is 18.3 Å². The fourth-order valence-electron chi connectivity index (χ4n) is 4.45. The number of carbonyl (C=O) groups excluding carboxylic acids is 2. The summed E-state index contributed by atoms with van der Waals surface area (Å²) in [6.45, 7) is 11.3. The molecule has 0 aliphatic rings. The van der Waals surface area contributed by atoms with Crippen LogP contribution < -0.4 is 5.73 Å². The molecule has 9 heteroatoms. The van der Waals surface area contributed by atoms with E-state index in [1.54, 1.807) is 6.92 Å². The fourth-order valence-corrected chi connectivity index (χ4v) is 4.45. The normalized spacial score (nSPS) is 13.7. The molecule has 0 fully saturated rings. The second-order valence-corrected chi connectivity index (χ2v) is 11.1. The molecule has 9 nitrogen and oxygen atoms in total. The Morgan fingerprint density at radius 3 is 2.42 bits per heavy atom. The minimum absolute atomic E-state index is 0.114. The number of nitrogens with zero attached hydrogens (tertiary/aromatic N) is 2. The van der Waals surface area contributed by atoms with E-state index in [9.17, 15) is 19.5 Å². The number of fused-ring (bicyclic) bond motifs is 1. The molecule has 0 radical (unpaired) electrons. The number of nitrogens with two attached hydrogens (primary N) is 1. The van der Waals surface area contributed by atoms with Gasteiger partial charge in [0.05, 0.1) is 6.04 Å². The fraction of sp³-hybridized carbons (Fsp3) is 0.481. The summed E-state index contributed by atoms with van der Waals surface area (Å²) >= 11 is 0. The van der Waals surface area contributed by atoms with Gasteiger partial charge in [-0.15, -0.1) is 0 Å². The van der Waals surface area contributed by atoms with E-state index < -0.39 is 24.0 Å². The summed E-state index contributed by atoms with van der Waals surface area (Å²) in [4.78, 5) is 51.0. The highest BCUT2D eigenvalue weighted by Gasteiger charge is 2.38. The first-order valence-corrected chi connectivity index (χ1v) is 12.2. The molecule has 36 heavy (non-hydrogen) atoms. The average Bonchev–Trinajstić information content (AvgIpc) is 3.35. The van der Waals surface area contributed by atoms with Gasteiger partial charge < -0.3 is 20.8 Å². The van der Waals surface area contributed by atoms with Gasteiger partial charge in [-0.1, -0.05) is 52.8 Å². The summed E-state index contributed by atoms with van der Waals surface area (Å²) < 4.78 is 0. The predicted octanol–water partition coefficient (Wildman–Crippen LogP) is 4.35. The zero-order chi connectivity index (χ0) is 26.8. The largest absolute Gasteiger partial charge is 0.476 e. The third-order valence-corrected chi connectivity index (χ3v) is 6.05. The summed E-state index contributed by atoms with van der Waals surface area (Å²) in [5, 5.41) is 10.6. The number of aromatic carboxylic acids is 1. The number of aromatic amines is 2. The number of carboxylic acid groups (broad SMARTS) is 1. The highest BCUT2D eigenvalue weighted by atomic mass is 16.4. The quantitative estimate of drug-likeness (QED) is 0.347. The highest BCUT2D eigenvalue weighted by Crippen LogP contribution is 2.31. The number of nitrogens with one attached hydrogen (secondary N) is 2. The number of benzene rings is 1. The number of carboxylic acids is 1. The zero-order valence-electron chi connectivity index (χ0n) is 21.9. The maximum atomic E-state index is 13.8. The van der Waals surface area contributed by atoms with Crippen molar-refractivity contribution in [3.8, 4) is 0 Å². The molecule has 5 N–H and O–H groups in total. The molecule has 2 heterocycles. The molecular weight excluding hydrogens is 458 g/mol. The van der Waals surface area contributed by atoms with E-state index in [1.165, 1.54) is 4.90 Å². The molecule has 3 aromatic rings. The number of para-hydroxylation sites is 1. The van der Waals surface area contributed by atoms with E-state index in [4.69, 9.17) is 5.73 Å². The Balaban J connectivity index is 2.16. The van der Waals surface area contributed by atoms with Gasteiger partial charge in [-0.3, -0.25) is 14.5 Å². The van der Waals surface area contributed by atoms with Crippen molar-refractivity contribution in [2.45, 2.75) is 72.9 Å². The van der Waals surface area contributed by atoms with Crippen LogP contribution in [-0.2, 0) is 16.0 Å². The monoisotopic (exact) mass is 495 g/mol. The third kappa shape index (κ3) is 6.20. The summed E-state index contributed by atoms with van der Waals surface area (Å²) in [5.74, 6) is -1.66. The number of imide groups is 1. The van der Waals surface area contributed by atoms with Gasteiger partial charge in [0.1, 0.15) is 11.9 Å². The van der Waals surface area contributed by atoms with E-state index in [1.807, 2.05) is 65.1 Å². The Labute approximate surface area is 211 Å². The van der Waals surface area contributed by atoms with Crippen LogP contribution in [0.3, 0.4) is 0 Å². The second-order valence-electron chi connectivity index (χ2n) is 11.1. The molecule has 1 aromatic carbocycles. The van der Waals surface area contributed by atoms with Crippen LogP contribution in [0.1, 0.15) is 81.1 Å². The van der Waals surface area contributed by atoms with Crippen LogP contribution in [0.15, 0.2) is 30.5 Å². The number of carbonyl (C=O) groups is 3. The van der Waals surface area contributed by atoms with Gasteiger partial charge in [-0.05, 0) is 36.3 Å². The summed E-state index contributed by atoms with van der Waals surface area (Å²) in [7, 11) is 0. The molecule has 3 rings (SSSR count). The van der Waals surface area contributed by atoms with E-state index in [-0.39, 0.29) is 41.6 Å². The highest BCUT2D eigenvalue weighted by molar-refractivity contribution is 5.98. The molecule has 2 atom stereocenters. The maximum Gasteiger partial charge on any atom is 0.356 e. The first-order chi connectivity index (χ1) is 16.8. The van der Waals surface area contributed by atoms with Crippen LogP contribution >= 0.6 is 0 Å². The molecule has 0 aliphatic heterocycles. The topological polar surface area (TPSA) is 145 Å². The number of aromatic nitrogens is 3. The Hall–Kier alpha value is -3.46. The smallest absolute Gasteiger partial charge is 0.356 e. The lowest BCUT2D eigenvalue weighted by Gasteiger charge is -2.33. The Morgan fingerprint density at radius 1 is 1.17 bits per heavy atom. The lowest BCUT2D eigenvalue weighted by atomic mass is 9.90. The van der Waals surface area contributed by atoms with Gasteiger partial charge in [-0.25, -0.2) is 9.78 Å². The zero-order valence-corrected chi connectivity index (χ0v) is 21.9. The average molecular weight is 496 g/mol. The van der Waals surface area contributed by atoms with Gasteiger partial charge in [0, 0.05) is 35.6 Å². The predicted molar refractivity (Wildman–Crippen MR) is 138 cm³/mol. The van der Waals surface area contributed by atoms with Crippen LogP contribution in [0.2, 0.25) is 0 Å². The van der Waals surface area contributed by atoms with Crippen LogP contribution in [0.4, 0.5) is 0 Å². The number of aryl methyl sites for hydroxylation is 1. The lowest BCUT2D eigenvalue weighted by Crippen LogP contribution is -2.50. The minimum atomic E-state index is -1.18. The first-order valence-electron chi connectivity index (χ1n) is 12.2. The number of amides is 2. The Morgan fingerprint density at radius 2 is 1.83 bits per heavy atom. The van der Waals surface area contributed by atoms with Gasteiger partial charge in [-0.2, -0.15) is 0 Å². The molecule has 2 aromatic heterocycles.